The van der Waals surface area contributed by atoms with Crippen LogP contribution in [0, 0.1) is 13.8 Å². The molecule has 1 aliphatic carbocycles. The van der Waals surface area contributed by atoms with Crippen molar-refractivity contribution in [3.05, 3.63) is 94.5 Å². The number of thioether (sulfide) groups is 1. The Balaban J connectivity index is 1.30. The summed E-state index contributed by atoms with van der Waals surface area (Å²) in [6.45, 7) is 9.00. The molecule has 12 heteroatoms. The first-order valence-electron chi connectivity index (χ1n) is 17.4. The normalized spacial score (nSPS) is 20.3. The van der Waals surface area contributed by atoms with Crippen molar-refractivity contribution in [1.29, 1.82) is 0 Å². The van der Waals surface area contributed by atoms with Gasteiger partial charge in [0.15, 0.2) is 12.7 Å². The van der Waals surface area contributed by atoms with Gasteiger partial charge >= 0.3 is 0 Å². The molecule has 5 atom stereocenters. The zero-order valence-corrected chi connectivity index (χ0v) is 31.1. The Morgan fingerprint density at radius 2 is 1.73 bits per heavy atom. The number of hydrogen-bond acceptors (Lipinski definition) is 9. The average molecular weight is 718 g/mol. The van der Waals surface area contributed by atoms with Crippen LogP contribution in [0.3, 0.4) is 0 Å². The lowest BCUT2D eigenvalue weighted by molar-refractivity contribution is -0.148. The summed E-state index contributed by atoms with van der Waals surface area (Å²) in [5.74, 6) is -0.775. The van der Waals surface area contributed by atoms with Gasteiger partial charge in [-0.25, -0.2) is 0 Å². The molecule has 3 amide bonds. The van der Waals surface area contributed by atoms with E-state index in [9.17, 15) is 24.6 Å². The Hall–Kier alpha value is -4.10. The van der Waals surface area contributed by atoms with Gasteiger partial charge in [-0.15, -0.1) is 11.8 Å². The number of carbonyl (C=O) groups is 3. The molecule has 1 fully saturated rings. The zero-order chi connectivity index (χ0) is 36.9. The number of rotatable bonds is 14. The number of carbonyl (C=O) groups excluding carboxylic acids is 3. The summed E-state index contributed by atoms with van der Waals surface area (Å²) >= 11 is 1.44. The summed E-state index contributed by atoms with van der Waals surface area (Å²) in [6, 6.07) is 18.4. The van der Waals surface area contributed by atoms with Gasteiger partial charge in [-0.3, -0.25) is 14.4 Å². The van der Waals surface area contributed by atoms with Crippen LogP contribution in [-0.2, 0) is 27.2 Å². The number of aryl methyl sites for hydroxylation is 2. The summed E-state index contributed by atoms with van der Waals surface area (Å²) in [6.07, 6.45) is -1.83. The van der Waals surface area contributed by atoms with E-state index in [4.69, 9.17) is 4.74 Å². The molecule has 274 valence electrons. The first kappa shape index (κ1) is 38.1. The van der Waals surface area contributed by atoms with E-state index in [1.807, 2.05) is 109 Å². The molecule has 1 saturated heterocycles. The molecule has 0 bridgehead atoms. The van der Waals surface area contributed by atoms with Crippen molar-refractivity contribution in [2.45, 2.75) is 75.6 Å². The van der Waals surface area contributed by atoms with E-state index in [1.54, 1.807) is 0 Å². The first-order chi connectivity index (χ1) is 24.3. The van der Waals surface area contributed by atoms with Crippen LogP contribution in [0.1, 0.15) is 47.7 Å². The molecule has 3 aromatic rings. The third-order valence-corrected chi connectivity index (χ3v) is 11.2. The molecule has 0 unspecified atom stereocenters. The number of aliphatic hydroxyl groups excluding tert-OH is 2. The van der Waals surface area contributed by atoms with Gasteiger partial charge in [0.05, 0.1) is 24.1 Å². The number of amides is 3. The maximum atomic E-state index is 14.1. The van der Waals surface area contributed by atoms with Gasteiger partial charge in [0, 0.05) is 37.0 Å². The number of nitrogens with one attached hydrogen (secondary N) is 3. The van der Waals surface area contributed by atoms with Crippen LogP contribution in [0.25, 0.3) is 0 Å². The monoisotopic (exact) mass is 717 g/mol. The second-order valence-corrected chi connectivity index (χ2v) is 15.7. The summed E-state index contributed by atoms with van der Waals surface area (Å²) in [7, 11) is 3.94. The average Bonchev–Trinajstić information content (AvgIpc) is 3.60. The van der Waals surface area contributed by atoms with Gasteiger partial charge in [0.2, 0.25) is 5.91 Å². The highest BCUT2D eigenvalue weighted by Crippen LogP contribution is 2.41. The van der Waals surface area contributed by atoms with Crippen LogP contribution >= 0.6 is 11.8 Å². The molecular weight excluding hydrogens is 667 g/mol. The predicted octanol–water partition coefficient (Wildman–Crippen LogP) is 2.88. The van der Waals surface area contributed by atoms with Crippen LogP contribution < -0.4 is 25.6 Å². The highest BCUT2D eigenvalue weighted by Gasteiger charge is 2.50. The van der Waals surface area contributed by atoms with E-state index in [2.05, 4.69) is 20.9 Å². The van der Waals surface area contributed by atoms with Gasteiger partial charge in [-0.1, -0.05) is 54.6 Å². The highest BCUT2D eigenvalue weighted by molar-refractivity contribution is 8.00. The number of fused-ring (bicyclic) bond motifs is 1. The third kappa shape index (κ3) is 8.86. The van der Waals surface area contributed by atoms with Gasteiger partial charge in [0.25, 0.3) is 11.8 Å². The minimum atomic E-state index is -1.65. The molecule has 0 radical (unpaired) electrons. The van der Waals surface area contributed by atoms with Crippen molar-refractivity contribution in [3.63, 3.8) is 0 Å². The van der Waals surface area contributed by atoms with Crippen molar-refractivity contribution in [3.8, 4) is 5.75 Å². The summed E-state index contributed by atoms with van der Waals surface area (Å²) in [4.78, 5) is 45.0. The first-order valence-corrected chi connectivity index (χ1v) is 18.4. The quantitative estimate of drug-likeness (QED) is 0.170. The van der Waals surface area contributed by atoms with Gasteiger partial charge in [0.1, 0.15) is 11.8 Å². The molecule has 0 aromatic heterocycles. The van der Waals surface area contributed by atoms with Crippen LogP contribution in [0.2, 0.25) is 0 Å². The standard InChI is InChI=1S/C39H51N5O6S/c1-24-18-28(43(6)17-16-40-5)19-25(2)35(24)50-22-32(46)41-30(20-26-12-8-7-9-13-26)34(47)38(49)44-23-51-39(3,4)36(44)37(48)42-33-29-15-11-10-14-27(29)21-31(33)45/h7-15,18-19,30-31,33-34,36,40,45,47H,16-17,20-23H2,1-6H3,(H,41,46)(H,42,48)/t30-,31+,33-,34-,36+/m0/s1. The number of anilines is 1. The smallest absolute Gasteiger partial charge is 0.258 e. The Labute approximate surface area is 305 Å². The van der Waals surface area contributed by atoms with E-state index < -0.39 is 52.8 Å². The number of hydrogen-bond donors (Lipinski definition) is 5. The van der Waals surface area contributed by atoms with Gasteiger partial charge < -0.3 is 40.7 Å². The fraction of sp³-hybridized carbons (Fsp3) is 0.462. The number of benzene rings is 3. The van der Waals surface area contributed by atoms with Crippen LogP contribution in [-0.4, -0.2) is 102 Å². The van der Waals surface area contributed by atoms with Crippen molar-refractivity contribution in [2.24, 2.45) is 0 Å². The molecular formula is C39H51N5O6S. The van der Waals surface area contributed by atoms with Crippen LogP contribution in [0.4, 0.5) is 5.69 Å². The lowest BCUT2D eigenvalue weighted by Crippen LogP contribution is -2.59. The Kier molecular flexibility index (Phi) is 12.3. The molecule has 0 saturated carbocycles. The molecule has 2 aliphatic rings. The SMILES string of the molecule is CNCCN(C)c1cc(C)c(OCC(=O)N[C@@H](Cc2ccccc2)[C@H](O)C(=O)N2CSC(C)(C)[C@H]2C(=O)N[C@H]2c3ccccc3C[C@H]2O)c(C)c1. The van der Waals surface area contributed by atoms with E-state index in [1.165, 1.54) is 16.7 Å². The molecule has 11 nitrogen and oxygen atoms in total. The minimum absolute atomic E-state index is 0.178. The Morgan fingerprint density at radius 3 is 2.41 bits per heavy atom. The second-order valence-electron chi connectivity index (χ2n) is 14.1. The summed E-state index contributed by atoms with van der Waals surface area (Å²) < 4.78 is 5.33. The molecule has 0 spiro atoms. The Morgan fingerprint density at radius 1 is 1.06 bits per heavy atom. The largest absolute Gasteiger partial charge is 0.483 e. The fourth-order valence-electron chi connectivity index (χ4n) is 7.01. The van der Waals surface area contributed by atoms with E-state index in [0.717, 1.165) is 46.6 Å². The molecule has 5 N–H and O–H groups in total. The number of aliphatic hydroxyl groups is 2. The molecule has 1 heterocycles. The lowest BCUT2D eigenvalue weighted by Gasteiger charge is -2.34. The summed E-state index contributed by atoms with van der Waals surface area (Å²) in [5, 5.41) is 31.5. The summed E-state index contributed by atoms with van der Waals surface area (Å²) in [5.41, 5.74) is 5.46. The number of ether oxygens (including phenoxy) is 1. The van der Waals surface area contributed by atoms with Crippen molar-refractivity contribution >= 4 is 35.2 Å². The maximum Gasteiger partial charge on any atom is 0.258 e. The van der Waals surface area contributed by atoms with Crippen molar-refractivity contribution < 1.29 is 29.3 Å². The van der Waals surface area contributed by atoms with E-state index in [-0.39, 0.29) is 18.9 Å². The van der Waals surface area contributed by atoms with Crippen molar-refractivity contribution in [2.75, 3.05) is 44.6 Å². The van der Waals surface area contributed by atoms with Crippen LogP contribution in [0.5, 0.6) is 5.75 Å². The van der Waals surface area contributed by atoms with E-state index >= 15 is 0 Å². The number of likely N-dealkylation sites (N-methyl/N-ethyl adjacent to an activating group) is 2. The minimum Gasteiger partial charge on any atom is -0.483 e. The van der Waals surface area contributed by atoms with Crippen LogP contribution in [0.15, 0.2) is 66.7 Å². The van der Waals surface area contributed by atoms with Crippen molar-refractivity contribution in [1.82, 2.24) is 20.9 Å². The molecule has 3 aromatic carbocycles. The lowest BCUT2D eigenvalue weighted by atomic mass is 9.96. The molecule has 51 heavy (non-hydrogen) atoms. The predicted molar refractivity (Wildman–Crippen MR) is 201 cm³/mol. The van der Waals surface area contributed by atoms with Gasteiger partial charge in [-0.2, -0.15) is 0 Å². The number of nitrogens with zero attached hydrogens (tertiary/aromatic N) is 2. The third-order valence-electron chi connectivity index (χ3n) is 9.79. The highest BCUT2D eigenvalue weighted by atomic mass is 32.2. The Bertz CT molecular complexity index is 1680. The zero-order valence-electron chi connectivity index (χ0n) is 30.3. The fourth-order valence-corrected chi connectivity index (χ4v) is 8.15. The second kappa shape index (κ2) is 16.5. The topological polar surface area (TPSA) is 143 Å². The van der Waals surface area contributed by atoms with E-state index in [0.29, 0.717) is 12.2 Å². The molecule has 1 aliphatic heterocycles. The maximum absolute atomic E-state index is 14.1. The van der Waals surface area contributed by atoms with Gasteiger partial charge in [-0.05, 0) is 81.1 Å². The molecule has 5 rings (SSSR count).